The van der Waals surface area contributed by atoms with E-state index in [4.69, 9.17) is 16.3 Å². The van der Waals surface area contributed by atoms with Gasteiger partial charge in [-0.05, 0) is 24.6 Å². The van der Waals surface area contributed by atoms with Gasteiger partial charge in [0.05, 0.1) is 41.8 Å². The normalized spacial score (nSPS) is 17.9. The van der Waals surface area contributed by atoms with Crippen LogP contribution >= 0.6 is 11.6 Å². The number of benzene rings is 1. The van der Waals surface area contributed by atoms with E-state index in [1.807, 2.05) is 12.1 Å². The fourth-order valence-corrected chi connectivity index (χ4v) is 3.02. The smallest absolute Gasteiger partial charge is 0.227 e. The summed E-state index contributed by atoms with van der Waals surface area (Å²) in [6.07, 6.45) is 2.79. The van der Waals surface area contributed by atoms with Gasteiger partial charge in [0.2, 0.25) is 5.91 Å². The van der Waals surface area contributed by atoms with Crippen molar-refractivity contribution in [1.29, 1.82) is 0 Å². The Kier molecular flexibility index (Phi) is 3.63. The molecule has 0 bridgehead atoms. The van der Waals surface area contributed by atoms with Gasteiger partial charge in [-0.15, -0.1) is 0 Å². The van der Waals surface area contributed by atoms with Gasteiger partial charge in [-0.2, -0.15) is 0 Å². The minimum absolute atomic E-state index is 0.0603. The Morgan fingerprint density at radius 2 is 2.39 bits per heavy atom. The van der Waals surface area contributed by atoms with Crippen LogP contribution in [0.5, 0.6) is 0 Å². The summed E-state index contributed by atoms with van der Waals surface area (Å²) in [5, 5.41) is 4.47. The minimum Gasteiger partial charge on any atom is -0.379 e. The molecule has 2 aromatic heterocycles. The van der Waals surface area contributed by atoms with Gasteiger partial charge in [-0.3, -0.25) is 9.78 Å². The molecular weight excluding hydrogens is 316 g/mol. The fraction of sp³-hybridized carbons (Fsp3) is 0.312. The summed E-state index contributed by atoms with van der Waals surface area (Å²) in [5.74, 6) is 0.556. The quantitative estimate of drug-likeness (QED) is 0.771. The zero-order chi connectivity index (χ0) is 15.8. The van der Waals surface area contributed by atoms with Crippen molar-refractivity contribution in [1.82, 2.24) is 20.3 Å². The maximum atomic E-state index is 12.1. The number of imidazole rings is 1. The van der Waals surface area contributed by atoms with Crippen LogP contribution in [0.3, 0.4) is 0 Å². The summed E-state index contributed by atoms with van der Waals surface area (Å²) in [6.45, 7) is 1.28. The Bertz CT molecular complexity index is 886. The van der Waals surface area contributed by atoms with Crippen molar-refractivity contribution in [2.45, 2.75) is 18.9 Å². The molecule has 3 aromatic rings. The van der Waals surface area contributed by atoms with E-state index in [1.165, 1.54) is 0 Å². The summed E-state index contributed by atoms with van der Waals surface area (Å²) >= 11 is 6.06. The molecule has 0 aliphatic carbocycles. The van der Waals surface area contributed by atoms with Crippen LogP contribution in [-0.4, -0.2) is 40.1 Å². The lowest BCUT2D eigenvalue weighted by Crippen LogP contribution is -2.36. The van der Waals surface area contributed by atoms with E-state index in [9.17, 15) is 4.79 Å². The number of carbonyl (C=O) groups excluding carboxylic acids is 1. The topological polar surface area (TPSA) is 79.9 Å². The second-order valence-electron chi connectivity index (χ2n) is 5.67. The molecule has 0 unspecified atom stereocenters. The molecule has 1 amide bonds. The van der Waals surface area contributed by atoms with Gasteiger partial charge in [0.25, 0.3) is 0 Å². The number of aromatic nitrogens is 3. The zero-order valence-corrected chi connectivity index (χ0v) is 13.1. The van der Waals surface area contributed by atoms with Crippen LogP contribution in [0.4, 0.5) is 0 Å². The molecule has 7 heteroatoms. The largest absolute Gasteiger partial charge is 0.379 e. The zero-order valence-electron chi connectivity index (χ0n) is 12.3. The van der Waals surface area contributed by atoms with Crippen molar-refractivity contribution in [3.63, 3.8) is 0 Å². The first kappa shape index (κ1) is 14.4. The van der Waals surface area contributed by atoms with Crippen molar-refractivity contribution in [3.8, 4) is 0 Å². The van der Waals surface area contributed by atoms with Gasteiger partial charge in [0.1, 0.15) is 5.82 Å². The van der Waals surface area contributed by atoms with E-state index in [1.54, 1.807) is 12.3 Å². The van der Waals surface area contributed by atoms with Gasteiger partial charge in [-0.1, -0.05) is 11.6 Å². The number of amides is 1. The van der Waals surface area contributed by atoms with Gasteiger partial charge in [0, 0.05) is 17.0 Å². The molecule has 1 saturated heterocycles. The number of nitrogens with zero attached hydrogens (tertiary/aromatic N) is 2. The Labute approximate surface area is 137 Å². The van der Waals surface area contributed by atoms with E-state index < -0.39 is 0 Å². The molecule has 23 heavy (non-hydrogen) atoms. The van der Waals surface area contributed by atoms with Crippen LogP contribution < -0.4 is 5.32 Å². The number of hydrogen-bond acceptors (Lipinski definition) is 4. The molecule has 0 radical (unpaired) electrons. The third-order valence-corrected chi connectivity index (χ3v) is 4.19. The van der Waals surface area contributed by atoms with E-state index in [-0.39, 0.29) is 18.4 Å². The van der Waals surface area contributed by atoms with Crippen molar-refractivity contribution >= 4 is 39.4 Å². The lowest BCUT2D eigenvalue weighted by molar-refractivity contribution is -0.121. The van der Waals surface area contributed by atoms with Gasteiger partial charge in [-0.25, -0.2) is 4.98 Å². The lowest BCUT2D eigenvalue weighted by Gasteiger charge is -2.09. The molecular formula is C16H15ClN4O2. The van der Waals surface area contributed by atoms with Crippen LogP contribution in [0.15, 0.2) is 24.4 Å². The Hall–Kier alpha value is -2.18. The van der Waals surface area contributed by atoms with Gasteiger partial charge < -0.3 is 15.0 Å². The van der Waals surface area contributed by atoms with Crippen molar-refractivity contribution in [3.05, 3.63) is 35.2 Å². The number of fused-ring (bicyclic) bond motifs is 3. The second kappa shape index (κ2) is 5.79. The molecule has 0 spiro atoms. The minimum atomic E-state index is -0.0603. The summed E-state index contributed by atoms with van der Waals surface area (Å²) < 4.78 is 5.26. The van der Waals surface area contributed by atoms with Crippen molar-refractivity contribution in [2.75, 3.05) is 13.2 Å². The number of carbonyl (C=O) groups is 1. The highest BCUT2D eigenvalue weighted by Gasteiger charge is 2.19. The predicted octanol–water partition coefficient (Wildman–Crippen LogP) is 2.21. The van der Waals surface area contributed by atoms with Crippen LogP contribution in [0, 0.1) is 0 Å². The summed E-state index contributed by atoms with van der Waals surface area (Å²) in [6, 6.07) is 5.60. The van der Waals surface area contributed by atoms with Crippen LogP contribution in [0.25, 0.3) is 21.9 Å². The summed E-state index contributed by atoms with van der Waals surface area (Å²) in [7, 11) is 0. The SMILES string of the molecule is O=C(Cc1nc2c(cnc3ccc(Cl)cc32)[nH]1)N[C@@H]1CCOC1. The molecule has 3 heterocycles. The number of H-pyrrole nitrogens is 1. The summed E-state index contributed by atoms with van der Waals surface area (Å²) in [4.78, 5) is 24.2. The number of rotatable bonds is 3. The average molecular weight is 331 g/mol. The Morgan fingerprint density at radius 3 is 3.22 bits per heavy atom. The monoisotopic (exact) mass is 330 g/mol. The number of pyridine rings is 1. The second-order valence-corrected chi connectivity index (χ2v) is 6.11. The van der Waals surface area contributed by atoms with Crippen LogP contribution in [-0.2, 0) is 16.0 Å². The Balaban J connectivity index is 1.62. The number of hydrogen-bond donors (Lipinski definition) is 2. The van der Waals surface area contributed by atoms with E-state index in [2.05, 4.69) is 20.3 Å². The van der Waals surface area contributed by atoms with E-state index >= 15 is 0 Å². The molecule has 2 N–H and O–H groups in total. The van der Waals surface area contributed by atoms with E-state index in [0.29, 0.717) is 24.1 Å². The molecule has 1 fully saturated rings. The fourth-order valence-electron chi connectivity index (χ4n) is 2.84. The number of nitrogens with one attached hydrogen (secondary N) is 2. The number of aromatic amines is 1. The highest BCUT2D eigenvalue weighted by molar-refractivity contribution is 6.31. The molecule has 1 aliphatic heterocycles. The van der Waals surface area contributed by atoms with Crippen molar-refractivity contribution in [2.24, 2.45) is 0 Å². The van der Waals surface area contributed by atoms with E-state index in [0.717, 1.165) is 28.4 Å². The Morgan fingerprint density at radius 1 is 1.48 bits per heavy atom. The molecule has 118 valence electrons. The van der Waals surface area contributed by atoms with Crippen LogP contribution in [0.2, 0.25) is 5.02 Å². The molecule has 1 aromatic carbocycles. The average Bonchev–Trinajstić information content (AvgIpc) is 3.16. The molecule has 1 aliphatic rings. The number of ether oxygens (including phenoxy) is 1. The predicted molar refractivity (Wildman–Crippen MR) is 87.5 cm³/mol. The highest BCUT2D eigenvalue weighted by atomic mass is 35.5. The third kappa shape index (κ3) is 2.87. The number of halogens is 1. The first-order valence-corrected chi connectivity index (χ1v) is 7.87. The lowest BCUT2D eigenvalue weighted by atomic mass is 10.2. The molecule has 6 nitrogen and oxygen atoms in total. The molecule has 1 atom stereocenters. The molecule has 0 saturated carbocycles. The molecule has 4 rings (SSSR count). The van der Waals surface area contributed by atoms with Gasteiger partial charge in [0.15, 0.2) is 0 Å². The van der Waals surface area contributed by atoms with Gasteiger partial charge >= 0.3 is 0 Å². The first-order valence-electron chi connectivity index (χ1n) is 7.49. The highest BCUT2D eigenvalue weighted by Crippen LogP contribution is 2.24. The first-order chi connectivity index (χ1) is 11.2. The van der Waals surface area contributed by atoms with Crippen LogP contribution in [0.1, 0.15) is 12.2 Å². The standard InChI is InChI=1S/C16H15ClN4O2/c17-9-1-2-12-11(5-9)16-13(7-18-12)20-14(21-16)6-15(22)19-10-3-4-23-8-10/h1-2,5,7,10H,3-4,6,8H2,(H,19,22)(H,20,21)/t10-/m1/s1. The summed E-state index contributed by atoms with van der Waals surface area (Å²) in [5.41, 5.74) is 2.41. The van der Waals surface area contributed by atoms with Crippen molar-refractivity contribution < 1.29 is 9.53 Å². The maximum Gasteiger partial charge on any atom is 0.227 e. The maximum absolute atomic E-state index is 12.1. The third-order valence-electron chi connectivity index (χ3n) is 3.95.